The molecule has 0 spiro atoms. The van der Waals surface area contributed by atoms with E-state index in [9.17, 15) is 0 Å². The summed E-state index contributed by atoms with van der Waals surface area (Å²) in [5, 5.41) is 11.2. The van der Waals surface area contributed by atoms with Gasteiger partial charge >= 0.3 is 0 Å². The van der Waals surface area contributed by atoms with Crippen molar-refractivity contribution in [1.82, 2.24) is 10.6 Å². The number of thiophene rings is 1. The number of halogens is 1. The van der Waals surface area contributed by atoms with Crippen molar-refractivity contribution in [3.05, 3.63) is 40.6 Å². The predicted molar refractivity (Wildman–Crippen MR) is 132 cm³/mol. The van der Waals surface area contributed by atoms with Crippen LogP contribution in [-0.4, -0.2) is 45.9 Å². The molecule has 0 amide bonds. The van der Waals surface area contributed by atoms with E-state index in [1.807, 2.05) is 6.07 Å². The molecule has 1 aromatic heterocycles. The summed E-state index contributed by atoms with van der Waals surface area (Å²) in [5.41, 5.74) is 2.40. The van der Waals surface area contributed by atoms with Crippen LogP contribution < -0.4 is 25.0 Å². The van der Waals surface area contributed by atoms with Gasteiger partial charge in [-0.3, -0.25) is 0 Å². The van der Waals surface area contributed by atoms with Crippen LogP contribution in [0.15, 0.2) is 40.0 Å². The lowest BCUT2D eigenvalue weighted by Crippen LogP contribution is -2.48. The molecule has 2 heterocycles. The molecule has 1 fully saturated rings. The number of aliphatic imine (C=N–C) groups is 1. The van der Waals surface area contributed by atoms with E-state index in [1.165, 1.54) is 5.56 Å². The van der Waals surface area contributed by atoms with Gasteiger partial charge in [0.25, 0.3) is 0 Å². The minimum absolute atomic E-state index is 0. The van der Waals surface area contributed by atoms with Gasteiger partial charge in [-0.15, -0.1) is 24.0 Å². The summed E-state index contributed by atoms with van der Waals surface area (Å²) >= 11 is 1.71. The van der Waals surface area contributed by atoms with E-state index in [4.69, 9.17) is 14.5 Å². The Morgan fingerprint density at radius 2 is 1.86 bits per heavy atom. The molecule has 0 saturated carbocycles. The normalized spacial score (nSPS) is 14.9. The number of anilines is 1. The van der Waals surface area contributed by atoms with Crippen molar-refractivity contribution in [3.63, 3.8) is 0 Å². The van der Waals surface area contributed by atoms with Gasteiger partial charge in [-0.1, -0.05) is 0 Å². The topological polar surface area (TPSA) is 58.1 Å². The minimum atomic E-state index is 0. The van der Waals surface area contributed by atoms with E-state index in [2.05, 4.69) is 51.4 Å². The molecular formula is C21H31IN4O2S. The van der Waals surface area contributed by atoms with E-state index in [1.54, 1.807) is 25.6 Å². The third-order valence-corrected chi connectivity index (χ3v) is 5.61. The highest BCUT2D eigenvalue weighted by Gasteiger charge is 2.21. The third-order valence-electron chi connectivity index (χ3n) is 4.88. The summed E-state index contributed by atoms with van der Waals surface area (Å²) in [6.07, 6.45) is 2.12. The Bertz CT molecular complexity index is 740. The number of piperidine rings is 1. The molecule has 2 N–H and O–H groups in total. The molecule has 8 heteroatoms. The average molecular weight is 530 g/mol. The number of guanidine groups is 1. The molecule has 1 aliphatic rings. The molecule has 1 aliphatic heterocycles. The predicted octanol–water partition coefficient (Wildman–Crippen LogP) is 4.11. The van der Waals surface area contributed by atoms with E-state index < -0.39 is 0 Å². The lowest BCUT2D eigenvalue weighted by Gasteiger charge is -2.34. The molecule has 0 atom stereocenters. The highest BCUT2D eigenvalue weighted by molar-refractivity contribution is 14.0. The van der Waals surface area contributed by atoms with E-state index >= 15 is 0 Å². The first-order valence-corrected chi connectivity index (χ1v) is 10.7. The summed E-state index contributed by atoms with van der Waals surface area (Å²) in [5.74, 6) is 2.55. The number of benzene rings is 1. The van der Waals surface area contributed by atoms with E-state index in [-0.39, 0.29) is 24.0 Å². The quantitative estimate of drug-likeness (QED) is 0.321. The molecule has 1 aromatic carbocycles. The number of hydrogen-bond donors (Lipinski definition) is 2. The SMILES string of the molecule is CCNC(=NCc1ccsc1)NC1CCN(c2cc(OC)cc(OC)c2)CC1.I. The van der Waals surface area contributed by atoms with Crippen LogP contribution in [0.5, 0.6) is 11.5 Å². The van der Waals surface area contributed by atoms with Crippen molar-refractivity contribution in [2.45, 2.75) is 32.4 Å². The largest absolute Gasteiger partial charge is 0.497 e. The van der Waals surface area contributed by atoms with Gasteiger partial charge in [0.05, 0.1) is 20.8 Å². The second-order valence-electron chi connectivity index (χ2n) is 6.80. The third kappa shape index (κ3) is 6.95. The summed E-state index contributed by atoms with van der Waals surface area (Å²) in [4.78, 5) is 7.11. The number of rotatable bonds is 7. The highest BCUT2D eigenvalue weighted by Crippen LogP contribution is 2.30. The van der Waals surface area contributed by atoms with Crippen molar-refractivity contribution >= 4 is 47.0 Å². The number of methoxy groups -OCH3 is 2. The molecule has 160 valence electrons. The van der Waals surface area contributed by atoms with Gasteiger partial charge in [-0.25, -0.2) is 4.99 Å². The van der Waals surface area contributed by atoms with Crippen LogP contribution in [0.25, 0.3) is 0 Å². The second kappa shape index (κ2) is 12.1. The summed E-state index contributed by atoms with van der Waals surface area (Å²) in [7, 11) is 3.37. The second-order valence-corrected chi connectivity index (χ2v) is 7.58. The Labute approximate surface area is 194 Å². The average Bonchev–Trinajstić information content (AvgIpc) is 3.26. The monoisotopic (exact) mass is 530 g/mol. The van der Waals surface area contributed by atoms with Crippen LogP contribution in [-0.2, 0) is 6.54 Å². The number of nitrogens with one attached hydrogen (secondary N) is 2. The Kier molecular flexibility index (Phi) is 9.86. The van der Waals surface area contributed by atoms with Gasteiger partial charge in [0, 0.05) is 49.6 Å². The fraction of sp³-hybridized carbons (Fsp3) is 0.476. The molecule has 0 radical (unpaired) electrons. The van der Waals surface area contributed by atoms with Crippen LogP contribution in [0.2, 0.25) is 0 Å². The van der Waals surface area contributed by atoms with Crippen LogP contribution in [0, 0.1) is 0 Å². The van der Waals surface area contributed by atoms with Crippen molar-refractivity contribution in [2.24, 2.45) is 4.99 Å². The number of hydrogen-bond acceptors (Lipinski definition) is 5. The molecule has 6 nitrogen and oxygen atoms in total. The lowest BCUT2D eigenvalue weighted by molar-refractivity contribution is 0.393. The van der Waals surface area contributed by atoms with Crippen LogP contribution >= 0.6 is 35.3 Å². The van der Waals surface area contributed by atoms with E-state index in [0.717, 1.165) is 55.6 Å². The minimum Gasteiger partial charge on any atom is -0.497 e. The first-order chi connectivity index (χ1) is 13.7. The maximum absolute atomic E-state index is 5.40. The maximum Gasteiger partial charge on any atom is 0.191 e. The molecule has 29 heavy (non-hydrogen) atoms. The first-order valence-electron chi connectivity index (χ1n) is 9.75. The van der Waals surface area contributed by atoms with E-state index in [0.29, 0.717) is 12.6 Å². The zero-order valence-corrected chi connectivity index (χ0v) is 20.5. The van der Waals surface area contributed by atoms with Gasteiger partial charge < -0.3 is 25.0 Å². The molecule has 2 aromatic rings. The zero-order valence-electron chi connectivity index (χ0n) is 17.3. The van der Waals surface area contributed by atoms with Crippen molar-refractivity contribution < 1.29 is 9.47 Å². The van der Waals surface area contributed by atoms with Gasteiger partial charge in [-0.05, 0) is 42.2 Å². The Morgan fingerprint density at radius 3 is 2.41 bits per heavy atom. The highest BCUT2D eigenvalue weighted by atomic mass is 127. The summed E-state index contributed by atoms with van der Waals surface area (Å²) in [6.45, 7) is 5.63. The Morgan fingerprint density at radius 1 is 1.17 bits per heavy atom. The van der Waals surface area contributed by atoms with Gasteiger partial charge in [0.15, 0.2) is 5.96 Å². The van der Waals surface area contributed by atoms with Gasteiger partial charge in [-0.2, -0.15) is 11.3 Å². The summed E-state index contributed by atoms with van der Waals surface area (Å²) in [6, 6.07) is 8.60. The fourth-order valence-corrected chi connectivity index (χ4v) is 3.98. The molecule has 1 saturated heterocycles. The molecule has 0 unspecified atom stereocenters. The van der Waals surface area contributed by atoms with Gasteiger partial charge in [0.1, 0.15) is 11.5 Å². The summed E-state index contributed by atoms with van der Waals surface area (Å²) < 4.78 is 10.8. The fourth-order valence-electron chi connectivity index (χ4n) is 3.32. The number of ether oxygens (including phenoxy) is 2. The smallest absolute Gasteiger partial charge is 0.191 e. The number of nitrogens with zero attached hydrogens (tertiary/aromatic N) is 2. The van der Waals surface area contributed by atoms with Crippen molar-refractivity contribution in [1.29, 1.82) is 0 Å². The van der Waals surface area contributed by atoms with Crippen LogP contribution in [0.1, 0.15) is 25.3 Å². The molecule has 3 rings (SSSR count). The zero-order chi connectivity index (χ0) is 19.8. The Balaban J connectivity index is 0.00000300. The Hall–Kier alpha value is -1.68. The maximum atomic E-state index is 5.40. The van der Waals surface area contributed by atoms with Crippen molar-refractivity contribution in [3.8, 4) is 11.5 Å². The van der Waals surface area contributed by atoms with Crippen molar-refractivity contribution in [2.75, 3.05) is 38.8 Å². The standard InChI is InChI=1S/C21H30N4O2S.HI/c1-4-22-21(23-14-16-7-10-28-15-16)24-17-5-8-25(9-6-17)18-11-19(26-2)13-20(12-18)27-3;/h7,10-13,15,17H,4-6,8-9,14H2,1-3H3,(H2,22,23,24);1H. The molecular weight excluding hydrogens is 499 g/mol. The van der Waals surface area contributed by atoms with Crippen LogP contribution in [0.3, 0.4) is 0 Å². The molecule has 0 aliphatic carbocycles. The van der Waals surface area contributed by atoms with Crippen LogP contribution in [0.4, 0.5) is 5.69 Å². The lowest BCUT2D eigenvalue weighted by atomic mass is 10.0. The molecule has 0 bridgehead atoms. The first kappa shape index (κ1) is 23.6. The van der Waals surface area contributed by atoms with Gasteiger partial charge in [0.2, 0.25) is 0 Å².